The van der Waals surface area contributed by atoms with Gasteiger partial charge in [-0.05, 0) is 48.9 Å². The maximum atomic E-state index is 13.2. The van der Waals surface area contributed by atoms with E-state index in [1.54, 1.807) is 12.1 Å². The Hall–Kier alpha value is -0.600. The minimum atomic E-state index is -0.211. The SMILES string of the molecule is NC1CCCCC(c2cc(F)ccc2Cl)C1. The molecule has 1 saturated carbocycles. The summed E-state index contributed by atoms with van der Waals surface area (Å²) in [6.45, 7) is 0. The van der Waals surface area contributed by atoms with E-state index >= 15 is 0 Å². The molecule has 0 aromatic heterocycles. The second-order valence-electron chi connectivity index (χ2n) is 4.64. The van der Waals surface area contributed by atoms with E-state index in [0.29, 0.717) is 10.9 Å². The number of benzene rings is 1. The monoisotopic (exact) mass is 241 g/mol. The summed E-state index contributed by atoms with van der Waals surface area (Å²) in [4.78, 5) is 0. The first-order chi connectivity index (χ1) is 7.66. The molecule has 0 aliphatic heterocycles. The third-order valence-corrected chi connectivity index (χ3v) is 3.71. The third kappa shape index (κ3) is 2.74. The van der Waals surface area contributed by atoms with Gasteiger partial charge in [0.15, 0.2) is 0 Å². The topological polar surface area (TPSA) is 26.0 Å². The smallest absolute Gasteiger partial charge is 0.123 e. The standard InChI is InChI=1S/C13H17ClFN/c14-13-6-5-10(15)8-12(13)9-3-1-2-4-11(16)7-9/h5-6,8-9,11H,1-4,7,16H2. The Morgan fingerprint density at radius 3 is 2.81 bits per heavy atom. The zero-order valence-corrected chi connectivity index (χ0v) is 10.0. The molecule has 0 radical (unpaired) electrons. The van der Waals surface area contributed by atoms with E-state index in [0.717, 1.165) is 31.2 Å². The molecular weight excluding hydrogens is 225 g/mol. The van der Waals surface area contributed by atoms with Crippen molar-refractivity contribution in [3.8, 4) is 0 Å². The van der Waals surface area contributed by atoms with Crippen molar-refractivity contribution in [2.75, 3.05) is 0 Å². The summed E-state index contributed by atoms with van der Waals surface area (Å²) >= 11 is 6.12. The highest BCUT2D eigenvalue weighted by molar-refractivity contribution is 6.31. The number of hydrogen-bond donors (Lipinski definition) is 1. The van der Waals surface area contributed by atoms with Gasteiger partial charge in [0.05, 0.1) is 0 Å². The molecule has 2 atom stereocenters. The second-order valence-corrected chi connectivity index (χ2v) is 5.05. The van der Waals surface area contributed by atoms with Gasteiger partial charge in [0.1, 0.15) is 5.82 Å². The van der Waals surface area contributed by atoms with Crippen LogP contribution in [0.4, 0.5) is 4.39 Å². The van der Waals surface area contributed by atoms with Crippen molar-refractivity contribution >= 4 is 11.6 Å². The maximum Gasteiger partial charge on any atom is 0.123 e. The zero-order valence-electron chi connectivity index (χ0n) is 9.26. The highest BCUT2D eigenvalue weighted by atomic mass is 35.5. The third-order valence-electron chi connectivity index (χ3n) is 3.36. The summed E-state index contributed by atoms with van der Waals surface area (Å²) in [7, 11) is 0. The fourth-order valence-electron chi connectivity index (χ4n) is 2.51. The molecule has 88 valence electrons. The van der Waals surface area contributed by atoms with Crippen LogP contribution in [-0.4, -0.2) is 6.04 Å². The van der Waals surface area contributed by atoms with Gasteiger partial charge >= 0.3 is 0 Å². The first kappa shape index (κ1) is 11.9. The second kappa shape index (κ2) is 5.15. The zero-order chi connectivity index (χ0) is 11.5. The van der Waals surface area contributed by atoms with Gasteiger partial charge in [0.25, 0.3) is 0 Å². The summed E-state index contributed by atoms with van der Waals surface area (Å²) in [5, 5.41) is 0.667. The Kier molecular flexibility index (Phi) is 3.82. The largest absolute Gasteiger partial charge is 0.328 e. The summed E-state index contributed by atoms with van der Waals surface area (Å²) in [5.41, 5.74) is 6.94. The molecule has 2 N–H and O–H groups in total. The fourth-order valence-corrected chi connectivity index (χ4v) is 2.78. The minimum Gasteiger partial charge on any atom is -0.328 e. The lowest BCUT2D eigenvalue weighted by atomic mass is 9.90. The van der Waals surface area contributed by atoms with Crippen LogP contribution >= 0.6 is 11.6 Å². The predicted octanol–water partition coefficient (Wildman–Crippen LogP) is 3.85. The first-order valence-electron chi connectivity index (χ1n) is 5.87. The molecule has 0 heterocycles. The van der Waals surface area contributed by atoms with Crippen LogP contribution in [0.15, 0.2) is 18.2 Å². The van der Waals surface area contributed by atoms with Gasteiger partial charge in [0, 0.05) is 11.1 Å². The van der Waals surface area contributed by atoms with Crippen molar-refractivity contribution in [1.29, 1.82) is 0 Å². The molecule has 1 aromatic rings. The lowest BCUT2D eigenvalue weighted by Crippen LogP contribution is -2.21. The minimum absolute atomic E-state index is 0.211. The van der Waals surface area contributed by atoms with Crippen molar-refractivity contribution in [2.45, 2.75) is 44.1 Å². The normalized spacial score (nSPS) is 26.4. The lowest BCUT2D eigenvalue weighted by Gasteiger charge is -2.18. The average Bonchev–Trinajstić information content (AvgIpc) is 2.46. The number of halogens is 2. The molecule has 3 heteroatoms. The lowest BCUT2D eigenvalue weighted by molar-refractivity contribution is 0.531. The van der Waals surface area contributed by atoms with Crippen molar-refractivity contribution in [2.24, 2.45) is 5.73 Å². The highest BCUT2D eigenvalue weighted by Gasteiger charge is 2.21. The van der Waals surface area contributed by atoms with Crippen LogP contribution in [0.25, 0.3) is 0 Å². The van der Waals surface area contributed by atoms with Crippen LogP contribution in [0.5, 0.6) is 0 Å². The molecule has 0 amide bonds. The van der Waals surface area contributed by atoms with Gasteiger partial charge in [-0.15, -0.1) is 0 Å². The van der Waals surface area contributed by atoms with Gasteiger partial charge < -0.3 is 5.73 Å². The molecule has 1 aliphatic carbocycles. The highest BCUT2D eigenvalue weighted by Crippen LogP contribution is 2.35. The Bertz CT molecular complexity index is 367. The van der Waals surface area contributed by atoms with E-state index in [1.807, 2.05) is 0 Å². The first-order valence-corrected chi connectivity index (χ1v) is 6.25. The molecule has 0 saturated heterocycles. The molecular formula is C13H17ClFN. The van der Waals surface area contributed by atoms with Gasteiger partial charge in [0.2, 0.25) is 0 Å². The van der Waals surface area contributed by atoms with Crippen LogP contribution < -0.4 is 5.73 Å². The van der Waals surface area contributed by atoms with Crippen LogP contribution in [0.1, 0.15) is 43.6 Å². The fraction of sp³-hybridized carbons (Fsp3) is 0.538. The molecule has 1 aliphatic rings. The van der Waals surface area contributed by atoms with E-state index in [4.69, 9.17) is 17.3 Å². The maximum absolute atomic E-state index is 13.2. The Morgan fingerprint density at radius 2 is 2.00 bits per heavy atom. The van der Waals surface area contributed by atoms with Gasteiger partial charge in [-0.3, -0.25) is 0 Å². The molecule has 0 bridgehead atoms. The summed E-state index contributed by atoms with van der Waals surface area (Å²) in [6.07, 6.45) is 5.39. The Morgan fingerprint density at radius 1 is 1.25 bits per heavy atom. The molecule has 2 unspecified atom stereocenters. The van der Waals surface area contributed by atoms with Crippen molar-refractivity contribution in [1.82, 2.24) is 0 Å². The summed E-state index contributed by atoms with van der Waals surface area (Å²) in [5.74, 6) is 0.109. The number of nitrogens with two attached hydrogens (primary N) is 1. The predicted molar refractivity (Wildman–Crippen MR) is 65.2 cm³/mol. The summed E-state index contributed by atoms with van der Waals surface area (Å²) < 4.78 is 13.2. The molecule has 1 nitrogen and oxygen atoms in total. The average molecular weight is 242 g/mol. The van der Waals surface area contributed by atoms with E-state index < -0.39 is 0 Å². The van der Waals surface area contributed by atoms with Crippen molar-refractivity contribution < 1.29 is 4.39 Å². The molecule has 2 rings (SSSR count). The Labute approximate surface area is 101 Å². The number of hydrogen-bond acceptors (Lipinski definition) is 1. The Balaban J connectivity index is 2.24. The van der Waals surface area contributed by atoms with E-state index in [1.165, 1.54) is 12.5 Å². The van der Waals surface area contributed by atoms with Gasteiger partial charge in [-0.2, -0.15) is 0 Å². The van der Waals surface area contributed by atoms with Crippen molar-refractivity contribution in [3.63, 3.8) is 0 Å². The van der Waals surface area contributed by atoms with E-state index in [2.05, 4.69) is 0 Å². The van der Waals surface area contributed by atoms with E-state index in [-0.39, 0.29) is 11.9 Å². The van der Waals surface area contributed by atoms with Gasteiger partial charge in [-0.1, -0.05) is 24.4 Å². The molecule has 16 heavy (non-hydrogen) atoms. The van der Waals surface area contributed by atoms with Crippen LogP contribution in [0, 0.1) is 5.82 Å². The van der Waals surface area contributed by atoms with E-state index in [9.17, 15) is 4.39 Å². The van der Waals surface area contributed by atoms with Crippen LogP contribution in [-0.2, 0) is 0 Å². The number of rotatable bonds is 1. The van der Waals surface area contributed by atoms with Crippen molar-refractivity contribution in [3.05, 3.63) is 34.6 Å². The molecule has 1 aromatic carbocycles. The molecule has 1 fully saturated rings. The van der Waals surface area contributed by atoms with Crippen LogP contribution in [0.3, 0.4) is 0 Å². The quantitative estimate of drug-likeness (QED) is 0.743. The van der Waals surface area contributed by atoms with Crippen LogP contribution in [0.2, 0.25) is 5.02 Å². The van der Waals surface area contributed by atoms with Gasteiger partial charge in [-0.25, -0.2) is 4.39 Å². The molecule has 0 spiro atoms. The summed E-state index contributed by atoms with van der Waals surface area (Å²) in [6, 6.07) is 4.84.